The second-order valence-corrected chi connectivity index (χ2v) is 5.29. The van der Waals surface area contributed by atoms with Crippen molar-refractivity contribution in [1.82, 2.24) is 4.90 Å². The molecule has 0 atom stereocenters. The van der Waals surface area contributed by atoms with Crippen LogP contribution < -0.4 is 5.73 Å². The van der Waals surface area contributed by atoms with Crippen molar-refractivity contribution in [3.8, 4) is 0 Å². The smallest absolute Gasteiger partial charge is 0.253 e. The number of hydrogen-bond donors (Lipinski definition) is 1. The number of hydrogen-bond acceptors (Lipinski definition) is 3. The van der Waals surface area contributed by atoms with Crippen LogP contribution in [0.5, 0.6) is 0 Å². The van der Waals surface area contributed by atoms with Crippen LogP contribution in [0.25, 0.3) is 0 Å². The standard InChI is InChI=1S/C13H18Cl2N2O2/c1-8(2)19-5-4-17(3)13(18)9-6-10(14)12(15)11(16)7-9/h6-8H,4-5,16H2,1-3H3. The van der Waals surface area contributed by atoms with Crippen LogP contribution in [-0.4, -0.2) is 37.1 Å². The van der Waals surface area contributed by atoms with Gasteiger partial charge in [-0.15, -0.1) is 0 Å². The fourth-order valence-corrected chi connectivity index (χ4v) is 1.82. The highest BCUT2D eigenvalue weighted by Crippen LogP contribution is 2.29. The van der Waals surface area contributed by atoms with Gasteiger partial charge in [0.25, 0.3) is 5.91 Å². The van der Waals surface area contributed by atoms with Gasteiger partial charge in [-0.1, -0.05) is 23.2 Å². The summed E-state index contributed by atoms with van der Waals surface area (Å²) in [5.41, 5.74) is 6.40. The van der Waals surface area contributed by atoms with Gasteiger partial charge in [0, 0.05) is 19.2 Å². The van der Waals surface area contributed by atoms with Crippen LogP contribution in [0.15, 0.2) is 12.1 Å². The van der Waals surface area contributed by atoms with Gasteiger partial charge in [-0.05, 0) is 26.0 Å². The predicted molar refractivity (Wildman–Crippen MR) is 78.9 cm³/mol. The zero-order valence-corrected chi connectivity index (χ0v) is 12.8. The number of halogens is 2. The van der Waals surface area contributed by atoms with Crippen LogP contribution in [0.4, 0.5) is 5.69 Å². The number of nitrogens with zero attached hydrogens (tertiary/aromatic N) is 1. The average Bonchev–Trinajstić information content (AvgIpc) is 2.33. The molecule has 0 heterocycles. The lowest BCUT2D eigenvalue weighted by Gasteiger charge is -2.18. The lowest BCUT2D eigenvalue weighted by molar-refractivity contribution is 0.0532. The third-order valence-corrected chi connectivity index (χ3v) is 3.34. The van der Waals surface area contributed by atoms with E-state index in [1.54, 1.807) is 11.9 Å². The molecule has 0 saturated carbocycles. The Labute approximate surface area is 123 Å². The summed E-state index contributed by atoms with van der Waals surface area (Å²) in [6.07, 6.45) is 0.143. The van der Waals surface area contributed by atoms with E-state index in [-0.39, 0.29) is 22.1 Å². The Balaban J connectivity index is 2.72. The Morgan fingerprint density at radius 3 is 2.58 bits per heavy atom. The molecule has 0 unspecified atom stereocenters. The molecular weight excluding hydrogens is 287 g/mol. The number of benzene rings is 1. The first kappa shape index (κ1) is 16.1. The molecule has 0 saturated heterocycles. The van der Waals surface area contributed by atoms with Crippen LogP contribution in [0.1, 0.15) is 24.2 Å². The van der Waals surface area contributed by atoms with E-state index < -0.39 is 0 Å². The van der Waals surface area contributed by atoms with Gasteiger partial charge in [-0.3, -0.25) is 4.79 Å². The van der Waals surface area contributed by atoms with Gasteiger partial charge in [0.1, 0.15) is 0 Å². The van der Waals surface area contributed by atoms with E-state index in [2.05, 4.69) is 0 Å². The van der Waals surface area contributed by atoms with Crippen LogP contribution in [-0.2, 0) is 4.74 Å². The van der Waals surface area contributed by atoms with Crippen molar-refractivity contribution in [3.05, 3.63) is 27.7 Å². The summed E-state index contributed by atoms with van der Waals surface area (Å²) in [6, 6.07) is 3.04. The number of carbonyl (C=O) groups excluding carboxylic acids is 1. The molecule has 0 aliphatic heterocycles. The fourth-order valence-electron chi connectivity index (χ4n) is 1.48. The molecule has 0 bridgehead atoms. The molecule has 2 N–H and O–H groups in total. The summed E-state index contributed by atoms with van der Waals surface area (Å²) >= 11 is 11.8. The number of amides is 1. The number of carbonyl (C=O) groups is 1. The van der Waals surface area contributed by atoms with Crippen molar-refractivity contribution in [2.45, 2.75) is 20.0 Å². The van der Waals surface area contributed by atoms with E-state index in [1.807, 2.05) is 13.8 Å². The molecule has 0 radical (unpaired) electrons. The maximum Gasteiger partial charge on any atom is 0.253 e. The molecule has 1 amide bonds. The zero-order chi connectivity index (χ0) is 14.6. The quantitative estimate of drug-likeness (QED) is 0.851. The van der Waals surface area contributed by atoms with Gasteiger partial charge in [-0.2, -0.15) is 0 Å². The SMILES string of the molecule is CC(C)OCCN(C)C(=O)c1cc(N)c(Cl)c(Cl)c1. The van der Waals surface area contributed by atoms with Gasteiger partial charge in [0.05, 0.1) is 28.4 Å². The van der Waals surface area contributed by atoms with Crippen molar-refractivity contribution in [2.75, 3.05) is 25.9 Å². The molecular formula is C13H18Cl2N2O2. The Kier molecular flexibility index (Phi) is 5.91. The minimum absolute atomic E-state index is 0.143. The monoisotopic (exact) mass is 304 g/mol. The Bertz CT molecular complexity index is 441. The fraction of sp³-hybridized carbons (Fsp3) is 0.462. The number of rotatable bonds is 5. The van der Waals surface area contributed by atoms with Gasteiger partial charge in [0.2, 0.25) is 0 Å². The van der Waals surface area contributed by atoms with E-state index in [0.717, 1.165) is 0 Å². The first-order valence-corrected chi connectivity index (χ1v) is 6.70. The number of likely N-dealkylation sites (N-methyl/N-ethyl adjacent to an activating group) is 1. The Hall–Kier alpha value is -0.970. The van der Waals surface area contributed by atoms with Crippen molar-refractivity contribution in [3.63, 3.8) is 0 Å². The van der Waals surface area contributed by atoms with Crippen LogP contribution >= 0.6 is 23.2 Å². The topological polar surface area (TPSA) is 55.6 Å². The summed E-state index contributed by atoms with van der Waals surface area (Å²) in [7, 11) is 1.70. The molecule has 1 rings (SSSR count). The molecule has 0 spiro atoms. The van der Waals surface area contributed by atoms with E-state index in [1.165, 1.54) is 12.1 Å². The van der Waals surface area contributed by atoms with Crippen LogP contribution in [0.2, 0.25) is 10.0 Å². The maximum absolute atomic E-state index is 12.1. The average molecular weight is 305 g/mol. The van der Waals surface area contributed by atoms with E-state index in [9.17, 15) is 4.79 Å². The summed E-state index contributed by atoms with van der Waals surface area (Å²) in [6.45, 7) is 4.87. The molecule has 1 aromatic rings. The molecule has 0 aliphatic carbocycles. The largest absolute Gasteiger partial charge is 0.397 e. The molecule has 4 nitrogen and oxygen atoms in total. The Morgan fingerprint density at radius 1 is 1.42 bits per heavy atom. The number of anilines is 1. The second kappa shape index (κ2) is 6.98. The van der Waals surface area contributed by atoms with E-state index in [0.29, 0.717) is 24.4 Å². The van der Waals surface area contributed by atoms with E-state index in [4.69, 9.17) is 33.7 Å². The van der Waals surface area contributed by atoms with Gasteiger partial charge < -0.3 is 15.4 Å². The van der Waals surface area contributed by atoms with Crippen molar-refractivity contribution in [2.24, 2.45) is 0 Å². The third-order valence-electron chi connectivity index (χ3n) is 2.53. The molecule has 1 aromatic carbocycles. The summed E-state index contributed by atoms with van der Waals surface area (Å²) < 4.78 is 5.40. The molecule has 0 aromatic heterocycles. The molecule has 0 fully saturated rings. The van der Waals surface area contributed by atoms with Crippen molar-refractivity contribution < 1.29 is 9.53 Å². The highest BCUT2D eigenvalue weighted by molar-refractivity contribution is 6.43. The lowest BCUT2D eigenvalue weighted by Crippen LogP contribution is -2.30. The van der Waals surface area contributed by atoms with Crippen molar-refractivity contribution >= 4 is 34.8 Å². The highest BCUT2D eigenvalue weighted by Gasteiger charge is 2.15. The normalized spacial score (nSPS) is 10.8. The lowest BCUT2D eigenvalue weighted by atomic mass is 10.2. The first-order valence-electron chi connectivity index (χ1n) is 5.94. The molecule has 19 heavy (non-hydrogen) atoms. The van der Waals surface area contributed by atoms with Crippen LogP contribution in [0, 0.1) is 0 Å². The van der Waals surface area contributed by atoms with Crippen molar-refractivity contribution in [1.29, 1.82) is 0 Å². The van der Waals surface area contributed by atoms with Gasteiger partial charge in [-0.25, -0.2) is 0 Å². The zero-order valence-electron chi connectivity index (χ0n) is 11.2. The van der Waals surface area contributed by atoms with Gasteiger partial charge in [0.15, 0.2) is 0 Å². The number of nitrogen functional groups attached to an aromatic ring is 1. The molecule has 106 valence electrons. The minimum Gasteiger partial charge on any atom is -0.397 e. The minimum atomic E-state index is -0.169. The maximum atomic E-state index is 12.1. The number of nitrogens with two attached hydrogens (primary N) is 1. The predicted octanol–water partition coefficient (Wildman–Crippen LogP) is 3.07. The van der Waals surface area contributed by atoms with E-state index >= 15 is 0 Å². The van der Waals surface area contributed by atoms with Crippen LogP contribution in [0.3, 0.4) is 0 Å². The molecule has 0 aliphatic rings. The Morgan fingerprint density at radius 2 is 2.05 bits per heavy atom. The summed E-state index contributed by atoms with van der Waals surface area (Å²) in [4.78, 5) is 13.7. The third kappa shape index (κ3) is 4.56. The summed E-state index contributed by atoms with van der Waals surface area (Å²) in [5, 5.41) is 0.542. The first-order chi connectivity index (χ1) is 8.82. The summed E-state index contributed by atoms with van der Waals surface area (Å²) in [5.74, 6) is -0.169. The molecule has 6 heteroatoms. The second-order valence-electron chi connectivity index (χ2n) is 4.51. The number of ether oxygens (including phenoxy) is 1. The van der Waals surface area contributed by atoms with Gasteiger partial charge >= 0.3 is 0 Å². The highest BCUT2D eigenvalue weighted by atomic mass is 35.5.